The Labute approximate surface area is 108 Å². The zero-order valence-corrected chi connectivity index (χ0v) is 11.2. The molecule has 0 saturated heterocycles. The Morgan fingerprint density at radius 2 is 2.11 bits per heavy atom. The summed E-state index contributed by atoms with van der Waals surface area (Å²) in [4.78, 5) is 11.9. The maximum Gasteiger partial charge on any atom is 0.241 e. The molecule has 1 heterocycles. The molecule has 1 saturated carbocycles. The summed E-state index contributed by atoms with van der Waals surface area (Å²) in [6.07, 6.45) is 4.66. The van der Waals surface area contributed by atoms with Crippen molar-refractivity contribution in [3.8, 4) is 0 Å². The van der Waals surface area contributed by atoms with Crippen molar-refractivity contribution in [3.05, 3.63) is 17.0 Å². The van der Waals surface area contributed by atoms with E-state index in [1.165, 1.54) is 12.8 Å². The number of amides is 1. The summed E-state index contributed by atoms with van der Waals surface area (Å²) < 4.78 is 1.75. The molecule has 0 aromatic carbocycles. The molecule has 1 fully saturated rings. The van der Waals surface area contributed by atoms with Crippen molar-refractivity contribution in [2.75, 3.05) is 0 Å². The number of nitrogens with zero attached hydrogens (tertiary/aromatic N) is 2. The van der Waals surface area contributed by atoms with Crippen LogP contribution in [0.25, 0.3) is 0 Å². The van der Waals surface area contributed by atoms with Crippen LogP contribution < -0.4 is 11.1 Å². The van der Waals surface area contributed by atoms with Gasteiger partial charge in [0, 0.05) is 23.8 Å². The van der Waals surface area contributed by atoms with Crippen molar-refractivity contribution in [1.29, 1.82) is 0 Å². The van der Waals surface area contributed by atoms with Crippen LogP contribution >= 0.6 is 0 Å². The first-order valence-electron chi connectivity index (χ1n) is 6.64. The minimum atomic E-state index is 0.0519. The first-order chi connectivity index (χ1) is 8.61. The molecule has 1 aromatic rings. The molecule has 0 unspecified atom stereocenters. The van der Waals surface area contributed by atoms with Gasteiger partial charge in [0.15, 0.2) is 0 Å². The number of hydrogen-bond donors (Lipinski definition) is 2. The average Bonchev–Trinajstić information content (AvgIpc) is 2.89. The van der Waals surface area contributed by atoms with Gasteiger partial charge < -0.3 is 11.1 Å². The lowest BCUT2D eigenvalue weighted by Crippen LogP contribution is -2.35. The highest BCUT2D eigenvalue weighted by molar-refractivity contribution is 5.76. The number of carbonyl (C=O) groups excluding carboxylic acids is 1. The molecule has 0 bridgehead atoms. The van der Waals surface area contributed by atoms with E-state index in [0.29, 0.717) is 19.1 Å². The van der Waals surface area contributed by atoms with Crippen LogP contribution in [0.3, 0.4) is 0 Å². The molecule has 0 spiro atoms. The Morgan fingerprint density at radius 3 is 2.67 bits per heavy atom. The van der Waals surface area contributed by atoms with Gasteiger partial charge in [-0.05, 0) is 26.7 Å². The van der Waals surface area contributed by atoms with E-state index in [0.717, 1.165) is 29.8 Å². The molecule has 1 amide bonds. The highest BCUT2D eigenvalue weighted by atomic mass is 16.2. The normalized spacial score (nSPS) is 16.2. The van der Waals surface area contributed by atoms with Crippen molar-refractivity contribution in [2.24, 2.45) is 5.73 Å². The van der Waals surface area contributed by atoms with E-state index in [2.05, 4.69) is 10.4 Å². The molecule has 3 N–H and O–H groups in total. The largest absolute Gasteiger partial charge is 0.352 e. The van der Waals surface area contributed by atoms with Crippen LogP contribution in [0.4, 0.5) is 0 Å². The Morgan fingerprint density at radius 1 is 1.44 bits per heavy atom. The van der Waals surface area contributed by atoms with Crippen LogP contribution in [0.5, 0.6) is 0 Å². The molecule has 5 nitrogen and oxygen atoms in total. The van der Waals surface area contributed by atoms with E-state index in [1.807, 2.05) is 13.8 Å². The van der Waals surface area contributed by atoms with Gasteiger partial charge in [0.05, 0.1) is 5.69 Å². The Kier molecular flexibility index (Phi) is 4.01. The minimum Gasteiger partial charge on any atom is -0.352 e. The standard InChI is InChI=1S/C13H22N4O/c1-9-12(7-14)10(2)17(16-9)8-13(18)15-11-5-3-4-6-11/h11H,3-8,14H2,1-2H3,(H,15,18). The van der Waals surface area contributed by atoms with E-state index in [9.17, 15) is 4.79 Å². The summed E-state index contributed by atoms with van der Waals surface area (Å²) in [6.45, 7) is 4.66. The second-order valence-electron chi connectivity index (χ2n) is 5.06. The van der Waals surface area contributed by atoms with Gasteiger partial charge in [0.1, 0.15) is 6.54 Å². The average molecular weight is 250 g/mol. The van der Waals surface area contributed by atoms with Crippen molar-refractivity contribution in [1.82, 2.24) is 15.1 Å². The molecule has 100 valence electrons. The van der Waals surface area contributed by atoms with E-state index in [-0.39, 0.29) is 5.91 Å². The van der Waals surface area contributed by atoms with Crippen LogP contribution in [0, 0.1) is 13.8 Å². The Balaban J connectivity index is 1.98. The summed E-state index contributed by atoms with van der Waals surface area (Å²) in [7, 11) is 0. The van der Waals surface area contributed by atoms with Gasteiger partial charge in [-0.3, -0.25) is 9.48 Å². The third-order valence-corrected chi connectivity index (χ3v) is 3.75. The van der Waals surface area contributed by atoms with Crippen molar-refractivity contribution in [3.63, 3.8) is 0 Å². The van der Waals surface area contributed by atoms with Crippen LogP contribution in [0.2, 0.25) is 0 Å². The fourth-order valence-electron chi connectivity index (χ4n) is 2.66. The van der Waals surface area contributed by atoms with E-state index < -0.39 is 0 Å². The fraction of sp³-hybridized carbons (Fsp3) is 0.692. The van der Waals surface area contributed by atoms with Gasteiger partial charge in [-0.1, -0.05) is 12.8 Å². The monoisotopic (exact) mass is 250 g/mol. The summed E-state index contributed by atoms with van der Waals surface area (Å²) in [5.74, 6) is 0.0519. The predicted molar refractivity (Wildman–Crippen MR) is 70.0 cm³/mol. The fourth-order valence-corrected chi connectivity index (χ4v) is 2.66. The van der Waals surface area contributed by atoms with Crippen LogP contribution in [0.1, 0.15) is 42.6 Å². The second-order valence-corrected chi connectivity index (χ2v) is 5.06. The molecular formula is C13H22N4O. The van der Waals surface area contributed by atoms with Gasteiger partial charge in [0.25, 0.3) is 0 Å². The van der Waals surface area contributed by atoms with Crippen molar-refractivity contribution >= 4 is 5.91 Å². The van der Waals surface area contributed by atoms with Gasteiger partial charge in [0.2, 0.25) is 5.91 Å². The first kappa shape index (κ1) is 13.1. The Hall–Kier alpha value is -1.36. The summed E-state index contributed by atoms with van der Waals surface area (Å²) in [5.41, 5.74) is 8.64. The smallest absolute Gasteiger partial charge is 0.241 e. The molecule has 1 aliphatic rings. The lowest BCUT2D eigenvalue weighted by Gasteiger charge is -2.12. The number of rotatable bonds is 4. The number of aromatic nitrogens is 2. The summed E-state index contributed by atoms with van der Waals surface area (Å²) >= 11 is 0. The molecule has 1 aromatic heterocycles. The Bertz CT molecular complexity index is 432. The zero-order chi connectivity index (χ0) is 13.1. The predicted octanol–water partition coefficient (Wildman–Crippen LogP) is 1.02. The zero-order valence-electron chi connectivity index (χ0n) is 11.2. The van der Waals surface area contributed by atoms with Crippen molar-refractivity contribution in [2.45, 2.75) is 58.7 Å². The molecule has 1 aliphatic carbocycles. The number of nitrogens with one attached hydrogen (secondary N) is 1. The van der Waals surface area contributed by atoms with Crippen LogP contribution in [0.15, 0.2) is 0 Å². The highest BCUT2D eigenvalue weighted by Gasteiger charge is 2.18. The lowest BCUT2D eigenvalue weighted by atomic mass is 10.2. The molecular weight excluding hydrogens is 228 g/mol. The topological polar surface area (TPSA) is 72.9 Å². The lowest BCUT2D eigenvalue weighted by molar-refractivity contribution is -0.122. The summed E-state index contributed by atoms with van der Waals surface area (Å²) in [5, 5.41) is 7.44. The third-order valence-electron chi connectivity index (χ3n) is 3.75. The van der Waals surface area contributed by atoms with Gasteiger partial charge in [-0.2, -0.15) is 5.10 Å². The summed E-state index contributed by atoms with van der Waals surface area (Å²) in [6, 6.07) is 0.364. The number of nitrogens with two attached hydrogens (primary N) is 1. The van der Waals surface area contributed by atoms with E-state index >= 15 is 0 Å². The van der Waals surface area contributed by atoms with Gasteiger partial charge in [-0.25, -0.2) is 0 Å². The van der Waals surface area contributed by atoms with Crippen LogP contribution in [-0.4, -0.2) is 21.7 Å². The molecule has 0 atom stereocenters. The second kappa shape index (κ2) is 5.52. The maximum absolute atomic E-state index is 11.9. The molecule has 5 heteroatoms. The first-order valence-corrected chi connectivity index (χ1v) is 6.64. The molecule has 2 rings (SSSR count). The molecule has 18 heavy (non-hydrogen) atoms. The quantitative estimate of drug-likeness (QED) is 0.838. The third kappa shape index (κ3) is 2.72. The van der Waals surface area contributed by atoms with Crippen molar-refractivity contribution < 1.29 is 4.79 Å². The van der Waals surface area contributed by atoms with Crippen LogP contribution in [-0.2, 0) is 17.9 Å². The number of hydrogen-bond acceptors (Lipinski definition) is 3. The van der Waals surface area contributed by atoms with Gasteiger partial charge >= 0.3 is 0 Å². The van der Waals surface area contributed by atoms with E-state index in [4.69, 9.17) is 5.73 Å². The maximum atomic E-state index is 11.9. The SMILES string of the molecule is Cc1nn(CC(=O)NC2CCCC2)c(C)c1CN. The highest BCUT2D eigenvalue weighted by Crippen LogP contribution is 2.17. The number of carbonyl (C=O) groups is 1. The number of aryl methyl sites for hydroxylation is 1. The molecule has 0 aliphatic heterocycles. The van der Waals surface area contributed by atoms with Gasteiger partial charge in [-0.15, -0.1) is 0 Å². The minimum absolute atomic E-state index is 0.0519. The van der Waals surface area contributed by atoms with E-state index in [1.54, 1.807) is 4.68 Å². The molecule has 0 radical (unpaired) electrons.